The molecule has 0 saturated heterocycles. The molecule has 1 fully saturated rings. The first-order chi connectivity index (χ1) is 7.76. The van der Waals surface area contributed by atoms with Crippen molar-refractivity contribution in [2.45, 2.75) is 31.1 Å². The summed E-state index contributed by atoms with van der Waals surface area (Å²) in [5.41, 5.74) is 1.25. The molecule has 1 N–H and O–H groups in total. The van der Waals surface area contributed by atoms with Gasteiger partial charge >= 0.3 is 0 Å². The van der Waals surface area contributed by atoms with Gasteiger partial charge in [0, 0.05) is 25.4 Å². The molecular formula is C11H15Cl2N3O. The molecule has 0 unspecified atom stereocenters. The van der Waals surface area contributed by atoms with Gasteiger partial charge in [-0.25, -0.2) is 0 Å². The van der Waals surface area contributed by atoms with E-state index >= 15 is 0 Å². The maximum atomic E-state index is 11.9. The van der Waals surface area contributed by atoms with E-state index in [1.165, 1.54) is 0 Å². The Labute approximate surface area is 110 Å². The van der Waals surface area contributed by atoms with Crippen molar-refractivity contribution in [3.63, 3.8) is 0 Å². The van der Waals surface area contributed by atoms with Crippen molar-refractivity contribution in [2.75, 3.05) is 0 Å². The van der Waals surface area contributed by atoms with E-state index in [9.17, 15) is 4.79 Å². The first kappa shape index (κ1) is 12.7. The van der Waals surface area contributed by atoms with Gasteiger partial charge in [0.05, 0.1) is 11.1 Å². The zero-order valence-corrected chi connectivity index (χ0v) is 11.6. The van der Waals surface area contributed by atoms with Crippen molar-refractivity contribution in [3.8, 4) is 0 Å². The molecule has 1 atom stereocenters. The molecule has 0 aromatic carbocycles. The monoisotopic (exact) mass is 275 g/mol. The highest BCUT2D eigenvalue weighted by molar-refractivity contribution is 6.53. The minimum atomic E-state index is -0.916. The van der Waals surface area contributed by atoms with Crippen molar-refractivity contribution in [1.82, 2.24) is 15.1 Å². The van der Waals surface area contributed by atoms with Gasteiger partial charge in [0.15, 0.2) is 0 Å². The van der Waals surface area contributed by atoms with E-state index in [1.807, 2.05) is 20.2 Å². The zero-order valence-electron chi connectivity index (χ0n) is 10.1. The lowest BCUT2D eigenvalue weighted by molar-refractivity contribution is -0.125. The Morgan fingerprint density at radius 1 is 1.65 bits per heavy atom. The van der Waals surface area contributed by atoms with E-state index < -0.39 is 9.75 Å². The van der Waals surface area contributed by atoms with Crippen LogP contribution in [0, 0.1) is 12.3 Å². The van der Waals surface area contributed by atoms with Crippen molar-refractivity contribution in [2.24, 2.45) is 12.5 Å². The van der Waals surface area contributed by atoms with E-state index in [0.29, 0.717) is 13.0 Å². The third-order valence-electron chi connectivity index (χ3n) is 3.31. The van der Waals surface area contributed by atoms with Crippen LogP contribution < -0.4 is 5.32 Å². The molecule has 1 aromatic heterocycles. The normalized spacial score (nSPS) is 25.7. The fraction of sp³-hybridized carbons (Fsp3) is 0.636. The molecule has 2 rings (SSSR count). The molecule has 0 aliphatic heterocycles. The highest BCUT2D eigenvalue weighted by atomic mass is 35.5. The topological polar surface area (TPSA) is 46.9 Å². The maximum absolute atomic E-state index is 11.9. The molecule has 0 radical (unpaired) electrons. The van der Waals surface area contributed by atoms with Crippen molar-refractivity contribution in [1.29, 1.82) is 0 Å². The quantitative estimate of drug-likeness (QED) is 0.857. The van der Waals surface area contributed by atoms with Gasteiger partial charge < -0.3 is 5.32 Å². The number of aryl methyl sites for hydroxylation is 2. The Hall–Kier alpha value is -0.740. The second-order valence-corrected chi connectivity index (χ2v) is 6.29. The Balaban J connectivity index is 1.96. The van der Waals surface area contributed by atoms with Crippen LogP contribution in [0.3, 0.4) is 0 Å². The van der Waals surface area contributed by atoms with E-state index in [1.54, 1.807) is 11.6 Å². The van der Waals surface area contributed by atoms with Crippen LogP contribution >= 0.6 is 23.2 Å². The molecule has 1 saturated carbocycles. The van der Waals surface area contributed by atoms with Crippen LogP contribution in [0.4, 0.5) is 0 Å². The van der Waals surface area contributed by atoms with Crippen molar-refractivity contribution in [3.05, 3.63) is 17.5 Å². The summed E-state index contributed by atoms with van der Waals surface area (Å²) in [4.78, 5) is 11.9. The van der Waals surface area contributed by atoms with Crippen LogP contribution in [0.5, 0.6) is 0 Å². The number of nitrogens with zero attached hydrogens (tertiary/aromatic N) is 2. The fourth-order valence-corrected chi connectivity index (χ4v) is 2.55. The molecule has 1 aliphatic carbocycles. The van der Waals surface area contributed by atoms with E-state index in [2.05, 4.69) is 10.4 Å². The number of halogens is 2. The van der Waals surface area contributed by atoms with Gasteiger partial charge in [0.1, 0.15) is 4.33 Å². The SMILES string of the molecule is Cc1nn(C)cc1CNC(=O)[C@]1(C)CC1(Cl)Cl. The molecule has 0 spiro atoms. The summed E-state index contributed by atoms with van der Waals surface area (Å²) in [7, 11) is 1.85. The van der Waals surface area contributed by atoms with E-state index in [4.69, 9.17) is 23.2 Å². The van der Waals surface area contributed by atoms with Crippen LogP contribution in [0.25, 0.3) is 0 Å². The molecule has 17 heavy (non-hydrogen) atoms. The first-order valence-corrected chi connectivity index (χ1v) is 6.17. The predicted molar refractivity (Wildman–Crippen MR) is 67.0 cm³/mol. The minimum absolute atomic E-state index is 0.106. The third-order valence-corrected chi connectivity index (χ3v) is 4.41. The van der Waals surface area contributed by atoms with Crippen LogP contribution in [0.2, 0.25) is 0 Å². The van der Waals surface area contributed by atoms with Crippen molar-refractivity contribution < 1.29 is 4.79 Å². The Morgan fingerprint density at radius 2 is 2.24 bits per heavy atom. The number of aromatic nitrogens is 2. The Kier molecular flexibility index (Phi) is 2.91. The lowest BCUT2D eigenvalue weighted by Gasteiger charge is -2.12. The van der Waals surface area contributed by atoms with Crippen LogP contribution in [-0.2, 0) is 18.4 Å². The van der Waals surface area contributed by atoms with Gasteiger partial charge in [-0.3, -0.25) is 9.48 Å². The summed E-state index contributed by atoms with van der Waals surface area (Å²) in [6.07, 6.45) is 2.39. The number of amides is 1. The van der Waals surface area contributed by atoms with E-state index in [-0.39, 0.29) is 5.91 Å². The zero-order chi connectivity index (χ0) is 12.8. The van der Waals surface area contributed by atoms with Crippen LogP contribution in [-0.4, -0.2) is 20.0 Å². The van der Waals surface area contributed by atoms with Gasteiger partial charge in [-0.1, -0.05) is 0 Å². The average molecular weight is 276 g/mol. The number of hydrogen-bond acceptors (Lipinski definition) is 2. The lowest BCUT2D eigenvalue weighted by Crippen LogP contribution is -2.32. The van der Waals surface area contributed by atoms with Crippen LogP contribution in [0.1, 0.15) is 24.6 Å². The highest BCUT2D eigenvalue weighted by Crippen LogP contribution is 2.63. The first-order valence-electron chi connectivity index (χ1n) is 5.41. The number of carbonyl (C=O) groups is 1. The Morgan fingerprint density at radius 3 is 2.65 bits per heavy atom. The molecule has 0 bridgehead atoms. The summed E-state index contributed by atoms with van der Waals surface area (Å²) in [6, 6.07) is 0. The third kappa shape index (κ3) is 2.16. The summed E-state index contributed by atoms with van der Waals surface area (Å²) >= 11 is 11.9. The molecule has 1 aromatic rings. The maximum Gasteiger partial charge on any atom is 0.229 e. The van der Waals surface area contributed by atoms with Crippen LogP contribution in [0.15, 0.2) is 6.20 Å². The second kappa shape index (κ2) is 3.89. The fourth-order valence-electron chi connectivity index (χ4n) is 1.84. The highest BCUT2D eigenvalue weighted by Gasteiger charge is 2.67. The molecule has 1 aliphatic rings. The smallest absolute Gasteiger partial charge is 0.229 e. The number of nitrogens with one attached hydrogen (secondary N) is 1. The summed E-state index contributed by atoms with van der Waals surface area (Å²) in [5, 5.41) is 7.06. The van der Waals surface area contributed by atoms with E-state index in [0.717, 1.165) is 11.3 Å². The number of carbonyl (C=O) groups excluding carboxylic acids is 1. The molecule has 6 heteroatoms. The molecule has 94 valence electrons. The Bertz CT molecular complexity index is 469. The van der Waals surface area contributed by atoms with Crippen molar-refractivity contribution >= 4 is 29.1 Å². The largest absolute Gasteiger partial charge is 0.351 e. The summed E-state index contributed by atoms with van der Waals surface area (Å²) in [5.74, 6) is -0.106. The van der Waals surface area contributed by atoms with Gasteiger partial charge in [-0.2, -0.15) is 5.10 Å². The molecule has 1 amide bonds. The summed E-state index contributed by atoms with van der Waals surface area (Å²) in [6.45, 7) is 4.14. The molecule has 4 nitrogen and oxygen atoms in total. The van der Waals surface area contributed by atoms with Gasteiger partial charge in [-0.15, -0.1) is 23.2 Å². The molecular weight excluding hydrogens is 261 g/mol. The number of rotatable bonds is 3. The predicted octanol–water partition coefficient (Wildman–Crippen LogP) is 1.93. The van der Waals surface area contributed by atoms with Gasteiger partial charge in [-0.05, 0) is 20.3 Å². The van der Waals surface area contributed by atoms with Gasteiger partial charge in [0.2, 0.25) is 5.91 Å². The van der Waals surface area contributed by atoms with Gasteiger partial charge in [0.25, 0.3) is 0 Å². The lowest BCUT2D eigenvalue weighted by atomic mass is 10.1. The second-order valence-electron chi connectivity index (χ2n) is 4.81. The minimum Gasteiger partial charge on any atom is -0.351 e. The number of alkyl halides is 2. The number of hydrogen-bond donors (Lipinski definition) is 1. The molecule has 1 heterocycles. The standard InChI is InChI=1S/C11H15Cl2N3O/c1-7-8(5-16(3)15-7)4-14-9(17)10(2)6-11(10,12)13/h5H,4,6H2,1-3H3,(H,14,17)/t10-/m0/s1. The summed E-state index contributed by atoms with van der Waals surface area (Å²) < 4.78 is 0.810. The average Bonchev–Trinajstić information content (AvgIpc) is 2.56.